The number of urea groups is 1. The molecular formula is C10H12N2O5. The van der Waals surface area contributed by atoms with Gasteiger partial charge in [0.05, 0.1) is 6.61 Å². The molecule has 1 heterocycles. The van der Waals surface area contributed by atoms with Crippen LogP contribution < -0.4 is 0 Å². The van der Waals surface area contributed by atoms with Gasteiger partial charge in [-0.1, -0.05) is 6.08 Å². The van der Waals surface area contributed by atoms with Gasteiger partial charge in [-0.2, -0.15) is 0 Å². The van der Waals surface area contributed by atoms with Crippen LogP contribution in [0.25, 0.3) is 0 Å². The van der Waals surface area contributed by atoms with E-state index in [-0.39, 0.29) is 13.2 Å². The van der Waals surface area contributed by atoms with Gasteiger partial charge in [0.2, 0.25) is 0 Å². The van der Waals surface area contributed by atoms with Crippen molar-refractivity contribution >= 4 is 23.8 Å². The summed E-state index contributed by atoms with van der Waals surface area (Å²) in [5.74, 6) is -2.34. The van der Waals surface area contributed by atoms with E-state index < -0.39 is 23.8 Å². The fourth-order valence-electron chi connectivity index (χ4n) is 1.22. The molecule has 17 heavy (non-hydrogen) atoms. The van der Waals surface area contributed by atoms with Crippen molar-refractivity contribution in [3.63, 3.8) is 0 Å². The van der Waals surface area contributed by atoms with E-state index in [0.717, 1.165) is 15.9 Å². The molecule has 0 radical (unpaired) electrons. The molecule has 0 aromatic heterocycles. The van der Waals surface area contributed by atoms with Crippen molar-refractivity contribution in [1.82, 2.24) is 9.80 Å². The van der Waals surface area contributed by atoms with Crippen LogP contribution in [0.1, 0.15) is 6.92 Å². The number of carbonyl (C=O) groups excluding carboxylic acids is 4. The molecule has 0 atom stereocenters. The van der Waals surface area contributed by atoms with E-state index in [2.05, 4.69) is 4.74 Å². The summed E-state index contributed by atoms with van der Waals surface area (Å²) >= 11 is 0. The van der Waals surface area contributed by atoms with Gasteiger partial charge in [0.25, 0.3) is 0 Å². The highest BCUT2D eigenvalue weighted by atomic mass is 16.5. The van der Waals surface area contributed by atoms with E-state index >= 15 is 0 Å². The molecular weight excluding hydrogens is 228 g/mol. The van der Waals surface area contributed by atoms with Crippen LogP contribution in [-0.2, 0) is 19.1 Å². The van der Waals surface area contributed by atoms with Crippen molar-refractivity contribution in [2.75, 3.05) is 20.2 Å². The normalized spacial score (nSPS) is 16.2. The number of rotatable bonds is 4. The molecule has 0 unspecified atom stereocenters. The van der Waals surface area contributed by atoms with Gasteiger partial charge >= 0.3 is 23.8 Å². The lowest BCUT2D eigenvalue weighted by atomic mass is 10.4. The van der Waals surface area contributed by atoms with Crippen LogP contribution in [0, 0.1) is 0 Å². The average molecular weight is 240 g/mol. The summed E-state index contributed by atoms with van der Waals surface area (Å²) in [6.45, 7) is 1.77. The fraction of sp³-hybridized carbons (Fsp3) is 0.400. The second kappa shape index (κ2) is 5.24. The molecule has 7 nitrogen and oxygen atoms in total. The minimum absolute atomic E-state index is 0.132. The van der Waals surface area contributed by atoms with Crippen LogP contribution in [0.4, 0.5) is 4.79 Å². The number of ether oxygens (including phenoxy) is 1. The Morgan fingerprint density at radius 3 is 2.41 bits per heavy atom. The van der Waals surface area contributed by atoms with E-state index in [1.165, 1.54) is 13.1 Å². The monoisotopic (exact) mass is 240 g/mol. The second-order valence-corrected chi connectivity index (χ2v) is 3.22. The largest absolute Gasteiger partial charge is 0.463 e. The summed E-state index contributed by atoms with van der Waals surface area (Å²) in [5.41, 5.74) is 0. The summed E-state index contributed by atoms with van der Waals surface area (Å²) in [4.78, 5) is 46.2. The molecule has 1 rings (SSSR count). The van der Waals surface area contributed by atoms with Gasteiger partial charge < -0.3 is 4.74 Å². The van der Waals surface area contributed by atoms with Crippen molar-refractivity contribution < 1.29 is 23.9 Å². The van der Waals surface area contributed by atoms with E-state index in [1.807, 2.05) is 0 Å². The number of nitrogens with zero attached hydrogens (tertiary/aromatic N) is 2. The van der Waals surface area contributed by atoms with Crippen LogP contribution in [0.15, 0.2) is 12.2 Å². The van der Waals surface area contributed by atoms with Crippen LogP contribution in [-0.4, -0.2) is 53.8 Å². The van der Waals surface area contributed by atoms with Crippen molar-refractivity contribution in [3.05, 3.63) is 12.2 Å². The van der Waals surface area contributed by atoms with Crippen molar-refractivity contribution in [2.24, 2.45) is 0 Å². The third-order valence-electron chi connectivity index (χ3n) is 2.08. The minimum atomic E-state index is -0.897. The summed E-state index contributed by atoms with van der Waals surface area (Å²) in [7, 11) is 1.22. The predicted octanol–water partition coefficient (Wildman–Crippen LogP) is -0.474. The first-order valence-corrected chi connectivity index (χ1v) is 4.95. The first-order chi connectivity index (χ1) is 7.99. The highest BCUT2D eigenvalue weighted by molar-refractivity contribution is 6.44. The molecule has 0 N–H and O–H groups in total. The maximum atomic E-state index is 11.4. The first-order valence-electron chi connectivity index (χ1n) is 4.95. The summed E-state index contributed by atoms with van der Waals surface area (Å²) in [5, 5.41) is 0. The molecule has 7 heteroatoms. The number of hydrogen-bond donors (Lipinski definition) is 0. The van der Waals surface area contributed by atoms with E-state index in [9.17, 15) is 19.2 Å². The quantitative estimate of drug-likeness (QED) is 0.287. The van der Waals surface area contributed by atoms with Crippen LogP contribution in [0.3, 0.4) is 0 Å². The fourth-order valence-corrected chi connectivity index (χ4v) is 1.22. The Kier molecular flexibility index (Phi) is 3.97. The van der Waals surface area contributed by atoms with Gasteiger partial charge in [0.15, 0.2) is 0 Å². The van der Waals surface area contributed by atoms with Crippen LogP contribution >= 0.6 is 0 Å². The second-order valence-electron chi connectivity index (χ2n) is 3.22. The third-order valence-corrected chi connectivity index (χ3v) is 2.08. The van der Waals surface area contributed by atoms with E-state index in [1.54, 1.807) is 6.92 Å². The summed E-state index contributed by atoms with van der Waals surface area (Å²) in [6, 6.07) is -0.700. The van der Waals surface area contributed by atoms with E-state index in [0.29, 0.717) is 0 Å². The number of likely N-dealkylation sites (N-methyl/N-ethyl adjacent to an activating group) is 1. The molecule has 0 spiro atoms. The minimum Gasteiger partial charge on any atom is -0.463 e. The molecule has 0 aliphatic carbocycles. The molecule has 0 aromatic carbocycles. The molecule has 1 aliphatic heterocycles. The maximum Gasteiger partial charge on any atom is 0.334 e. The molecule has 0 aromatic rings. The topological polar surface area (TPSA) is 84.0 Å². The lowest BCUT2D eigenvalue weighted by Gasteiger charge is -2.09. The molecule has 1 saturated heterocycles. The first kappa shape index (κ1) is 12.9. The molecule has 0 saturated carbocycles. The lowest BCUT2D eigenvalue weighted by molar-refractivity contribution is -0.142. The maximum absolute atomic E-state index is 11.4. The predicted molar refractivity (Wildman–Crippen MR) is 55.7 cm³/mol. The van der Waals surface area contributed by atoms with Crippen LogP contribution in [0.5, 0.6) is 0 Å². The number of esters is 1. The van der Waals surface area contributed by atoms with Crippen molar-refractivity contribution in [3.8, 4) is 0 Å². The zero-order valence-electron chi connectivity index (χ0n) is 9.50. The molecule has 4 amide bonds. The average Bonchev–Trinajstić information content (AvgIpc) is 2.47. The van der Waals surface area contributed by atoms with Gasteiger partial charge in [-0.15, -0.1) is 0 Å². The van der Waals surface area contributed by atoms with E-state index in [4.69, 9.17) is 0 Å². The Morgan fingerprint density at radius 1 is 1.29 bits per heavy atom. The summed E-state index contributed by atoms with van der Waals surface area (Å²) in [6.07, 6.45) is 2.40. The number of carbonyl (C=O) groups is 4. The lowest BCUT2D eigenvalue weighted by Crippen LogP contribution is -2.31. The smallest absolute Gasteiger partial charge is 0.334 e. The number of imide groups is 2. The molecule has 1 aliphatic rings. The third kappa shape index (κ3) is 2.68. The van der Waals surface area contributed by atoms with Crippen molar-refractivity contribution in [2.45, 2.75) is 6.92 Å². The Labute approximate surface area is 97.6 Å². The Balaban J connectivity index is 2.59. The van der Waals surface area contributed by atoms with Gasteiger partial charge in [-0.25, -0.2) is 9.59 Å². The summed E-state index contributed by atoms with van der Waals surface area (Å²) < 4.78 is 4.61. The number of amides is 4. The molecule has 1 fully saturated rings. The molecule has 0 bridgehead atoms. The standard InChI is InChI=1S/C10H12N2O5/c1-3-17-7(13)5-4-6-12-9(15)8(14)11(2)10(12)16/h4-5H,3,6H2,1-2H3/b5-4+. The number of hydrogen-bond acceptors (Lipinski definition) is 5. The Morgan fingerprint density at radius 2 is 1.94 bits per heavy atom. The van der Waals surface area contributed by atoms with Crippen LogP contribution in [0.2, 0.25) is 0 Å². The van der Waals surface area contributed by atoms with Crippen molar-refractivity contribution in [1.29, 1.82) is 0 Å². The zero-order chi connectivity index (χ0) is 13.0. The van der Waals surface area contributed by atoms with Gasteiger partial charge in [0, 0.05) is 19.7 Å². The Bertz CT molecular complexity index is 402. The highest BCUT2D eigenvalue weighted by Gasteiger charge is 2.41. The van der Waals surface area contributed by atoms with Gasteiger partial charge in [0.1, 0.15) is 0 Å². The SMILES string of the molecule is CCOC(=O)/C=C/CN1C(=O)C(=O)N(C)C1=O. The molecule has 92 valence electrons. The van der Waals surface area contributed by atoms with Gasteiger partial charge in [-0.05, 0) is 6.92 Å². The zero-order valence-corrected chi connectivity index (χ0v) is 9.50. The van der Waals surface area contributed by atoms with Gasteiger partial charge in [-0.3, -0.25) is 19.4 Å². The Hall–Kier alpha value is -2.18. The highest BCUT2D eigenvalue weighted by Crippen LogP contribution is 2.08.